The van der Waals surface area contributed by atoms with Gasteiger partial charge in [-0.1, -0.05) is 25.8 Å². The molecule has 0 unspecified atom stereocenters. The second-order valence-corrected chi connectivity index (χ2v) is 4.95. The molecule has 0 rings (SSSR count). The fourth-order valence-corrected chi connectivity index (χ4v) is 1.78. The lowest BCUT2D eigenvalue weighted by atomic mass is 9.95. The van der Waals surface area contributed by atoms with Crippen molar-refractivity contribution in [3.8, 4) is 0 Å². The van der Waals surface area contributed by atoms with Crippen LogP contribution in [0.2, 0.25) is 0 Å². The van der Waals surface area contributed by atoms with Crippen LogP contribution in [0.25, 0.3) is 0 Å². The Bertz CT molecular complexity index is 296. The van der Waals surface area contributed by atoms with Crippen molar-refractivity contribution in [2.24, 2.45) is 5.92 Å². The molecule has 0 bridgehead atoms. The van der Waals surface area contributed by atoms with Gasteiger partial charge in [0.2, 0.25) is 5.91 Å². The highest BCUT2D eigenvalue weighted by Crippen LogP contribution is 2.15. The van der Waals surface area contributed by atoms with E-state index in [1.807, 2.05) is 0 Å². The summed E-state index contributed by atoms with van der Waals surface area (Å²) in [7, 11) is 0. The fraction of sp³-hybridized carbons (Fsp3) is 0.692. The van der Waals surface area contributed by atoms with Crippen molar-refractivity contribution in [2.75, 3.05) is 6.54 Å². The number of hydrazine groups is 1. The first-order valence-electron chi connectivity index (χ1n) is 6.63. The number of carbonyl (C=O) groups is 1. The lowest BCUT2D eigenvalue weighted by Gasteiger charge is -2.19. The summed E-state index contributed by atoms with van der Waals surface area (Å²) in [6.45, 7) is 7.86. The fourth-order valence-electron chi connectivity index (χ4n) is 1.65. The van der Waals surface area contributed by atoms with Gasteiger partial charge < -0.3 is 10.4 Å². The summed E-state index contributed by atoms with van der Waals surface area (Å²) < 4.78 is 0. The molecular weight excluding hydrogens is 262 g/mol. The molecule has 0 saturated heterocycles. The van der Waals surface area contributed by atoms with E-state index in [1.54, 1.807) is 13.0 Å². The Morgan fingerprint density at radius 1 is 1.47 bits per heavy atom. The van der Waals surface area contributed by atoms with E-state index in [0.29, 0.717) is 18.1 Å². The summed E-state index contributed by atoms with van der Waals surface area (Å²) in [5, 5.41) is 12.6. The summed E-state index contributed by atoms with van der Waals surface area (Å²) in [5.41, 5.74) is 5.21. The molecule has 0 aromatic rings. The van der Waals surface area contributed by atoms with Crippen molar-refractivity contribution in [3.63, 3.8) is 0 Å². The van der Waals surface area contributed by atoms with Crippen LogP contribution in [0, 0.1) is 5.92 Å². The Balaban J connectivity index is 4.15. The Morgan fingerprint density at radius 2 is 2.16 bits per heavy atom. The van der Waals surface area contributed by atoms with Gasteiger partial charge in [0.25, 0.3) is 0 Å². The number of nitrogens with one attached hydrogen (secondary N) is 3. The van der Waals surface area contributed by atoms with Crippen LogP contribution in [0.1, 0.15) is 39.5 Å². The summed E-state index contributed by atoms with van der Waals surface area (Å²) in [4.78, 5) is 12.0. The van der Waals surface area contributed by atoms with Crippen LogP contribution in [0.15, 0.2) is 12.7 Å². The van der Waals surface area contributed by atoms with Gasteiger partial charge in [-0.05, 0) is 32.0 Å². The molecule has 6 heteroatoms. The van der Waals surface area contributed by atoms with E-state index in [9.17, 15) is 9.90 Å². The number of aliphatic hydroxyl groups excluding tert-OH is 1. The van der Waals surface area contributed by atoms with Gasteiger partial charge in [-0.15, -0.1) is 6.58 Å². The predicted octanol–water partition coefficient (Wildman–Crippen LogP) is 1.24. The number of carbonyl (C=O) groups excluding carboxylic acids is 1. The molecule has 4 N–H and O–H groups in total. The standard InChI is InChI=1S/C13H25N3O2S/c1-4-6-7-11(9-10(3)17)12(18)15-16-13(19)14-8-5-2/h5,10-11,17H,2,4,6-9H2,1,3H3,(H,15,18)(H2,14,16,19)/t10-,11-/m1/s1. The van der Waals surface area contributed by atoms with Crippen molar-refractivity contribution in [1.82, 2.24) is 16.2 Å². The number of unbranched alkanes of at least 4 members (excludes halogenated alkanes) is 1. The van der Waals surface area contributed by atoms with E-state index in [2.05, 4.69) is 29.7 Å². The maximum absolute atomic E-state index is 12.0. The zero-order valence-electron chi connectivity index (χ0n) is 11.7. The topological polar surface area (TPSA) is 73.4 Å². The first-order valence-corrected chi connectivity index (χ1v) is 7.04. The Kier molecular flexibility index (Phi) is 10.1. The molecule has 5 nitrogen and oxygen atoms in total. The minimum Gasteiger partial charge on any atom is -0.393 e. The van der Waals surface area contributed by atoms with Gasteiger partial charge in [-0.2, -0.15) is 0 Å². The highest BCUT2D eigenvalue weighted by molar-refractivity contribution is 7.80. The number of thiocarbonyl (C=S) groups is 1. The summed E-state index contributed by atoms with van der Waals surface area (Å²) >= 11 is 4.97. The second-order valence-electron chi connectivity index (χ2n) is 4.54. The molecule has 0 heterocycles. The SMILES string of the molecule is C=CCNC(=S)NNC(=O)[C@H](CCCC)C[C@@H](C)O. The highest BCUT2D eigenvalue weighted by Gasteiger charge is 2.19. The molecule has 19 heavy (non-hydrogen) atoms. The Hall–Kier alpha value is -1.14. The first kappa shape index (κ1) is 17.9. The summed E-state index contributed by atoms with van der Waals surface area (Å²) in [6, 6.07) is 0. The molecule has 0 aliphatic carbocycles. The quantitative estimate of drug-likeness (QED) is 0.307. The average Bonchev–Trinajstić information content (AvgIpc) is 2.37. The molecule has 0 aliphatic rings. The lowest BCUT2D eigenvalue weighted by molar-refractivity contribution is -0.126. The molecule has 110 valence electrons. The van der Waals surface area contributed by atoms with Gasteiger partial charge in [0.05, 0.1) is 6.10 Å². The van der Waals surface area contributed by atoms with Gasteiger partial charge in [-0.3, -0.25) is 15.6 Å². The number of amides is 1. The van der Waals surface area contributed by atoms with E-state index >= 15 is 0 Å². The monoisotopic (exact) mass is 287 g/mol. The molecule has 0 fully saturated rings. The number of hydrogen-bond donors (Lipinski definition) is 4. The largest absolute Gasteiger partial charge is 0.393 e. The zero-order valence-corrected chi connectivity index (χ0v) is 12.6. The van der Waals surface area contributed by atoms with Crippen LogP contribution in [0.5, 0.6) is 0 Å². The summed E-state index contributed by atoms with van der Waals surface area (Å²) in [5.74, 6) is -0.341. The maximum atomic E-state index is 12.0. The molecular formula is C13H25N3O2S. The van der Waals surface area contributed by atoms with E-state index in [1.165, 1.54) is 0 Å². The minimum absolute atomic E-state index is 0.142. The second kappa shape index (κ2) is 10.8. The first-order chi connectivity index (χ1) is 9.01. The van der Waals surface area contributed by atoms with E-state index in [0.717, 1.165) is 19.3 Å². The number of hydrogen-bond acceptors (Lipinski definition) is 3. The van der Waals surface area contributed by atoms with Crippen LogP contribution in [0.3, 0.4) is 0 Å². The van der Waals surface area contributed by atoms with Gasteiger partial charge >= 0.3 is 0 Å². The van der Waals surface area contributed by atoms with Crippen LogP contribution in [0.4, 0.5) is 0 Å². The van der Waals surface area contributed by atoms with Crippen molar-refractivity contribution < 1.29 is 9.90 Å². The van der Waals surface area contributed by atoms with E-state index in [4.69, 9.17) is 12.2 Å². The molecule has 1 amide bonds. The predicted molar refractivity (Wildman–Crippen MR) is 81.4 cm³/mol. The van der Waals surface area contributed by atoms with Crippen LogP contribution < -0.4 is 16.2 Å². The van der Waals surface area contributed by atoms with Crippen LogP contribution in [-0.4, -0.2) is 28.8 Å². The highest BCUT2D eigenvalue weighted by atomic mass is 32.1. The molecule has 0 aromatic heterocycles. The number of aliphatic hydroxyl groups is 1. The number of rotatable bonds is 8. The molecule has 0 saturated carbocycles. The van der Waals surface area contributed by atoms with Gasteiger partial charge in [-0.25, -0.2) is 0 Å². The molecule has 0 aromatic carbocycles. The smallest absolute Gasteiger partial charge is 0.241 e. The van der Waals surface area contributed by atoms with E-state index < -0.39 is 6.10 Å². The van der Waals surface area contributed by atoms with Crippen molar-refractivity contribution in [2.45, 2.75) is 45.6 Å². The molecule has 0 radical (unpaired) electrons. The average molecular weight is 287 g/mol. The third-order valence-corrected chi connectivity index (χ3v) is 2.86. The molecule has 0 spiro atoms. The van der Waals surface area contributed by atoms with Gasteiger partial charge in [0.15, 0.2) is 5.11 Å². The van der Waals surface area contributed by atoms with Gasteiger partial charge in [0, 0.05) is 12.5 Å². The third-order valence-electron chi connectivity index (χ3n) is 2.61. The van der Waals surface area contributed by atoms with Gasteiger partial charge in [0.1, 0.15) is 0 Å². The van der Waals surface area contributed by atoms with Crippen molar-refractivity contribution in [3.05, 3.63) is 12.7 Å². The third kappa shape index (κ3) is 9.44. The van der Waals surface area contributed by atoms with Crippen LogP contribution >= 0.6 is 12.2 Å². The van der Waals surface area contributed by atoms with Crippen molar-refractivity contribution in [1.29, 1.82) is 0 Å². The van der Waals surface area contributed by atoms with Crippen molar-refractivity contribution >= 4 is 23.2 Å². The summed E-state index contributed by atoms with van der Waals surface area (Å²) in [6.07, 6.45) is 4.40. The normalized spacial score (nSPS) is 13.2. The molecule has 0 aliphatic heterocycles. The maximum Gasteiger partial charge on any atom is 0.241 e. The minimum atomic E-state index is -0.488. The van der Waals surface area contributed by atoms with E-state index in [-0.39, 0.29) is 11.8 Å². The van der Waals surface area contributed by atoms with Crippen LogP contribution in [-0.2, 0) is 4.79 Å². The Morgan fingerprint density at radius 3 is 2.68 bits per heavy atom. The molecule has 2 atom stereocenters. The Labute approximate surface area is 120 Å². The lowest BCUT2D eigenvalue weighted by Crippen LogP contribution is -2.49. The zero-order chi connectivity index (χ0) is 14.7.